The highest BCUT2D eigenvalue weighted by Gasteiger charge is 2.15. The van der Waals surface area contributed by atoms with Gasteiger partial charge in [-0.25, -0.2) is 13.9 Å². The summed E-state index contributed by atoms with van der Waals surface area (Å²) >= 11 is 0. The number of carbonyl (C=O) groups excluding carboxylic acids is 1. The van der Waals surface area contributed by atoms with Crippen molar-refractivity contribution >= 4 is 17.0 Å². The monoisotopic (exact) mass is 419 g/mol. The van der Waals surface area contributed by atoms with Crippen molar-refractivity contribution in [2.75, 3.05) is 13.7 Å². The van der Waals surface area contributed by atoms with Crippen molar-refractivity contribution in [3.05, 3.63) is 90.4 Å². The Morgan fingerprint density at radius 1 is 1.10 bits per heavy atom. The maximum absolute atomic E-state index is 13.2. The summed E-state index contributed by atoms with van der Waals surface area (Å²) in [7, 11) is 1.34. The van der Waals surface area contributed by atoms with E-state index in [0.29, 0.717) is 12.2 Å². The average molecular weight is 419 g/mol. The number of rotatable bonds is 7. The molecule has 1 amide bonds. The fourth-order valence-corrected chi connectivity index (χ4v) is 3.36. The van der Waals surface area contributed by atoms with E-state index >= 15 is 0 Å². The fourth-order valence-electron chi connectivity index (χ4n) is 3.36. The van der Waals surface area contributed by atoms with Gasteiger partial charge in [0, 0.05) is 5.39 Å². The molecule has 0 saturated carbocycles. The maximum Gasteiger partial charge on any atom is 0.407 e. The molecule has 0 aliphatic carbocycles. The Kier molecular flexibility index (Phi) is 6.12. The minimum atomic E-state index is -0.499. The van der Waals surface area contributed by atoms with Crippen LogP contribution in [0.1, 0.15) is 5.56 Å². The van der Waals surface area contributed by atoms with Crippen molar-refractivity contribution in [3.63, 3.8) is 0 Å². The molecule has 1 N–H and O–H groups in total. The first kappa shape index (κ1) is 20.4. The standard InChI is InChI=1S/C24H22FN3O3/c1-30-24(29)27-20(13-17-5-3-2-4-6-17)16-31-22-11-12-23-18(14-22)15-26-28(23)21-9-7-19(25)8-10-21/h2-12,14-15,20H,13,16H2,1H3,(H,27,29). The second-order valence-electron chi connectivity index (χ2n) is 7.09. The first-order valence-electron chi connectivity index (χ1n) is 9.87. The van der Waals surface area contributed by atoms with Gasteiger partial charge in [0.2, 0.25) is 0 Å². The second-order valence-corrected chi connectivity index (χ2v) is 7.09. The Bertz CT molecular complexity index is 1160. The molecular formula is C24H22FN3O3. The van der Waals surface area contributed by atoms with Gasteiger partial charge in [0.05, 0.1) is 30.6 Å². The molecule has 0 saturated heterocycles. The highest BCUT2D eigenvalue weighted by Crippen LogP contribution is 2.23. The van der Waals surface area contributed by atoms with Crippen molar-refractivity contribution < 1.29 is 18.7 Å². The lowest BCUT2D eigenvalue weighted by Crippen LogP contribution is -2.40. The highest BCUT2D eigenvalue weighted by atomic mass is 19.1. The Morgan fingerprint density at radius 2 is 1.87 bits per heavy atom. The molecule has 31 heavy (non-hydrogen) atoms. The van der Waals surface area contributed by atoms with Crippen molar-refractivity contribution in [1.82, 2.24) is 15.1 Å². The largest absolute Gasteiger partial charge is 0.491 e. The Hall–Kier alpha value is -3.87. The number of benzene rings is 3. The van der Waals surface area contributed by atoms with Crippen LogP contribution < -0.4 is 10.1 Å². The maximum atomic E-state index is 13.2. The number of fused-ring (bicyclic) bond motifs is 1. The SMILES string of the molecule is COC(=O)NC(COc1ccc2c(cnn2-c2ccc(F)cc2)c1)Cc1ccccc1. The van der Waals surface area contributed by atoms with Gasteiger partial charge in [0.1, 0.15) is 18.2 Å². The summed E-state index contributed by atoms with van der Waals surface area (Å²) in [5, 5.41) is 8.11. The number of hydrogen-bond acceptors (Lipinski definition) is 4. The number of hydrogen-bond donors (Lipinski definition) is 1. The van der Waals surface area contributed by atoms with E-state index in [2.05, 4.69) is 10.4 Å². The van der Waals surface area contributed by atoms with Gasteiger partial charge in [-0.1, -0.05) is 30.3 Å². The minimum absolute atomic E-state index is 0.257. The molecule has 1 unspecified atom stereocenters. The summed E-state index contributed by atoms with van der Waals surface area (Å²) in [6.45, 7) is 0.279. The molecular weight excluding hydrogens is 397 g/mol. The van der Waals surface area contributed by atoms with Crippen LogP contribution in [0.4, 0.5) is 9.18 Å². The second kappa shape index (κ2) is 9.30. The molecule has 1 aromatic heterocycles. The zero-order valence-electron chi connectivity index (χ0n) is 17.0. The van der Waals surface area contributed by atoms with Gasteiger partial charge in [0.15, 0.2) is 0 Å². The van der Waals surface area contributed by atoms with Gasteiger partial charge in [-0.3, -0.25) is 0 Å². The van der Waals surface area contributed by atoms with Gasteiger partial charge >= 0.3 is 6.09 Å². The van der Waals surface area contributed by atoms with Crippen LogP contribution in [0.2, 0.25) is 0 Å². The van der Waals surface area contributed by atoms with E-state index in [1.165, 1.54) is 19.2 Å². The number of ether oxygens (including phenoxy) is 2. The minimum Gasteiger partial charge on any atom is -0.491 e. The van der Waals surface area contributed by atoms with E-state index in [1.807, 2.05) is 48.5 Å². The molecule has 4 aromatic rings. The van der Waals surface area contributed by atoms with Crippen molar-refractivity contribution in [2.24, 2.45) is 0 Å². The van der Waals surface area contributed by atoms with Crippen molar-refractivity contribution in [3.8, 4) is 11.4 Å². The van der Waals surface area contributed by atoms with Crippen molar-refractivity contribution in [1.29, 1.82) is 0 Å². The molecule has 3 aromatic carbocycles. The van der Waals surface area contributed by atoms with Crippen LogP contribution in [-0.4, -0.2) is 35.6 Å². The summed E-state index contributed by atoms with van der Waals surface area (Å²) in [6, 6.07) is 21.4. The predicted molar refractivity (Wildman–Crippen MR) is 116 cm³/mol. The number of nitrogens with one attached hydrogen (secondary N) is 1. The topological polar surface area (TPSA) is 65.4 Å². The van der Waals surface area contributed by atoms with Gasteiger partial charge in [-0.05, 0) is 54.4 Å². The van der Waals surface area contributed by atoms with Gasteiger partial charge in [-0.15, -0.1) is 0 Å². The molecule has 0 spiro atoms. The summed E-state index contributed by atoms with van der Waals surface area (Å²) in [4.78, 5) is 11.7. The lowest BCUT2D eigenvalue weighted by molar-refractivity contribution is 0.159. The van der Waals surface area contributed by atoms with Gasteiger partial charge in [-0.2, -0.15) is 5.10 Å². The molecule has 0 bridgehead atoms. The molecule has 0 fully saturated rings. The zero-order chi connectivity index (χ0) is 21.6. The number of halogens is 1. The lowest BCUT2D eigenvalue weighted by atomic mass is 10.1. The van der Waals surface area contributed by atoms with Crippen LogP contribution in [0.25, 0.3) is 16.6 Å². The lowest BCUT2D eigenvalue weighted by Gasteiger charge is -2.19. The van der Waals surface area contributed by atoms with E-state index < -0.39 is 6.09 Å². The van der Waals surface area contributed by atoms with E-state index in [-0.39, 0.29) is 18.5 Å². The smallest absolute Gasteiger partial charge is 0.407 e. The van der Waals surface area contributed by atoms with Crippen LogP contribution in [-0.2, 0) is 11.2 Å². The Labute approximate surface area is 179 Å². The zero-order valence-corrected chi connectivity index (χ0v) is 17.0. The number of nitrogens with zero attached hydrogens (tertiary/aromatic N) is 2. The van der Waals surface area contributed by atoms with E-state index in [1.54, 1.807) is 23.0 Å². The molecule has 6 nitrogen and oxygen atoms in total. The summed E-state index contributed by atoms with van der Waals surface area (Å²) < 4.78 is 25.7. The third kappa shape index (κ3) is 5.01. The van der Waals surface area contributed by atoms with Crippen molar-refractivity contribution in [2.45, 2.75) is 12.5 Å². The first-order chi connectivity index (χ1) is 15.1. The fraction of sp³-hybridized carbons (Fsp3) is 0.167. The number of alkyl carbamates (subject to hydrolysis) is 1. The quantitative estimate of drug-likeness (QED) is 0.479. The molecule has 4 rings (SSSR count). The van der Waals surface area contributed by atoms with E-state index in [0.717, 1.165) is 22.2 Å². The van der Waals surface area contributed by atoms with Crippen LogP contribution in [0, 0.1) is 5.82 Å². The summed E-state index contributed by atoms with van der Waals surface area (Å²) in [6.07, 6.45) is 1.85. The number of amides is 1. The Morgan fingerprint density at radius 3 is 2.61 bits per heavy atom. The summed E-state index contributed by atoms with van der Waals surface area (Å²) in [5.74, 6) is 0.373. The van der Waals surface area contributed by atoms with E-state index in [4.69, 9.17) is 9.47 Å². The third-order valence-corrected chi connectivity index (χ3v) is 4.89. The molecule has 1 atom stereocenters. The molecule has 0 aliphatic rings. The van der Waals surface area contributed by atoms with Crippen LogP contribution in [0.15, 0.2) is 79.0 Å². The highest BCUT2D eigenvalue weighted by molar-refractivity contribution is 5.81. The molecule has 0 aliphatic heterocycles. The van der Waals surface area contributed by atoms with Gasteiger partial charge < -0.3 is 14.8 Å². The van der Waals surface area contributed by atoms with Gasteiger partial charge in [0.25, 0.3) is 0 Å². The predicted octanol–water partition coefficient (Wildman–Crippen LogP) is 4.51. The third-order valence-electron chi connectivity index (χ3n) is 4.89. The Balaban J connectivity index is 1.48. The molecule has 0 radical (unpaired) electrons. The number of carbonyl (C=O) groups is 1. The van der Waals surface area contributed by atoms with Crippen LogP contribution >= 0.6 is 0 Å². The van der Waals surface area contributed by atoms with Crippen LogP contribution in [0.3, 0.4) is 0 Å². The first-order valence-corrected chi connectivity index (χ1v) is 9.87. The molecule has 1 heterocycles. The number of methoxy groups -OCH3 is 1. The van der Waals surface area contributed by atoms with E-state index in [9.17, 15) is 9.18 Å². The van der Waals surface area contributed by atoms with Crippen LogP contribution in [0.5, 0.6) is 5.75 Å². The number of aromatic nitrogens is 2. The normalized spacial score (nSPS) is 11.8. The molecule has 158 valence electrons. The summed E-state index contributed by atoms with van der Waals surface area (Å²) in [5.41, 5.74) is 2.74. The molecule has 7 heteroatoms. The average Bonchev–Trinajstić information content (AvgIpc) is 3.22.